The van der Waals surface area contributed by atoms with Crippen molar-refractivity contribution in [1.29, 1.82) is 5.41 Å². The van der Waals surface area contributed by atoms with E-state index in [4.69, 9.17) is 15.9 Å². The number of thiophene rings is 1. The van der Waals surface area contributed by atoms with Gasteiger partial charge in [-0.05, 0) is 91.4 Å². The minimum Gasteiger partial charge on any atom is -0.494 e. The monoisotopic (exact) mass is 568 g/mol. The van der Waals surface area contributed by atoms with Gasteiger partial charge in [-0.2, -0.15) is 0 Å². The van der Waals surface area contributed by atoms with Crippen molar-refractivity contribution in [3.63, 3.8) is 0 Å². The number of carbonyl (C=O) groups excluding carboxylic acids is 1. The highest BCUT2D eigenvalue weighted by Crippen LogP contribution is 2.40. The molecule has 10 nitrogen and oxygen atoms in total. The molecule has 218 valence electrons. The maximum absolute atomic E-state index is 10.8. The van der Waals surface area contributed by atoms with E-state index in [1.54, 1.807) is 30.8 Å². The van der Waals surface area contributed by atoms with E-state index < -0.39 is 0 Å². The number of hydrogen-bond donors (Lipinski definition) is 3. The summed E-state index contributed by atoms with van der Waals surface area (Å²) in [4.78, 5) is 28.3. The highest BCUT2D eigenvalue weighted by Gasteiger charge is 2.20. The number of carbonyl (C=O) groups is 1. The van der Waals surface area contributed by atoms with Gasteiger partial charge in [0.1, 0.15) is 22.7 Å². The summed E-state index contributed by atoms with van der Waals surface area (Å²) in [6.45, 7) is 3.82. The Morgan fingerprint density at radius 3 is 2.33 bits per heavy atom. The number of aromatic nitrogens is 2. The Kier molecular flexibility index (Phi) is 12.1. The molecule has 0 unspecified atom stereocenters. The fourth-order valence-electron chi connectivity index (χ4n) is 4.71. The summed E-state index contributed by atoms with van der Waals surface area (Å²) in [7, 11) is 9.81. The Labute approximate surface area is 242 Å². The number of fused-ring (bicyclic) bond motifs is 3. The first-order chi connectivity index (χ1) is 19.3. The number of aryl methyl sites for hydroxylation is 2. The first kappa shape index (κ1) is 31.3. The molecule has 0 bridgehead atoms. The summed E-state index contributed by atoms with van der Waals surface area (Å²) in [5.41, 5.74) is 9.22. The lowest BCUT2D eigenvalue weighted by Crippen LogP contribution is -2.29. The molecule has 4 N–H and O–H groups in total. The third-order valence-electron chi connectivity index (χ3n) is 6.82. The number of anilines is 3. The first-order valence-corrected chi connectivity index (χ1v) is 14.6. The second kappa shape index (κ2) is 15.5. The number of nitrogen functional groups attached to an aromatic ring is 1. The third-order valence-corrected chi connectivity index (χ3v) is 8.02. The van der Waals surface area contributed by atoms with E-state index in [1.807, 2.05) is 11.0 Å². The zero-order chi connectivity index (χ0) is 29.1. The number of amides is 1. The highest BCUT2D eigenvalue weighted by atomic mass is 32.1. The molecule has 0 spiro atoms. The lowest BCUT2D eigenvalue weighted by molar-refractivity contribution is -0.118. The molecule has 11 heteroatoms. The molecule has 0 aliphatic heterocycles. The van der Waals surface area contributed by atoms with Gasteiger partial charge in [0.15, 0.2) is 0 Å². The van der Waals surface area contributed by atoms with Gasteiger partial charge in [-0.15, -0.1) is 11.3 Å². The Morgan fingerprint density at radius 1 is 1.05 bits per heavy atom. The van der Waals surface area contributed by atoms with Gasteiger partial charge in [0.25, 0.3) is 0 Å². The predicted molar refractivity (Wildman–Crippen MR) is 167 cm³/mol. The summed E-state index contributed by atoms with van der Waals surface area (Å²) in [5.74, 6) is 1.40. The van der Waals surface area contributed by atoms with Gasteiger partial charge in [-0.25, -0.2) is 9.97 Å². The summed E-state index contributed by atoms with van der Waals surface area (Å²) in [6.07, 6.45) is 10.5. The van der Waals surface area contributed by atoms with Crippen LogP contribution in [-0.2, 0) is 17.6 Å². The fraction of sp³-hybridized carbons (Fsp3) is 0.517. The van der Waals surface area contributed by atoms with Crippen LogP contribution in [0.25, 0.3) is 10.2 Å². The van der Waals surface area contributed by atoms with Crippen molar-refractivity contribution in [2.24, 2.45) is 0 Å². The number of rotatable bonds is 13. The van der Waals surface area contributed by atoms with Gasteiger partial charge in [-0.3, -0.25) is 4.79 Å². The van der Waals surface area contributed by atoms with E-state index in [0.717, 1.165) is 80.0 Å². The van der Waals surface area contributed by atoms with Gasteiger partial charge in [0.05, 0.1) is 18.2 Å². The van der Waals surface area contributed by atoms with E-state index in [1.165, 1.54) is 29.5 Å². The number of nitrogens with two attached hydrogens (primary N) is 1. The van der Waals surface area contributed by atoms with E-state index in [-0.39, 0.29) is 0 Å². The lowest BCUT2D eigenvalue weighted by atomic mass is 9.97. The van der Waals surface area contributed by atoms with E-state index in [9.17, 15) is 4.79 Å². The maximum Gasteiger partial charge on any atom is 0.209 e. The molecule has 0 saturated carbocycles. The van der Waals surface area contributed by atoms with Crippen molar-refractivity contribution in [2.75, 3.05) is 72.5 Å². The van der Waals surface area contributed by atoms with Gasteiger partial charge >= 0.3 is 0 Å². The molecule has 0 radical (unpaired) electrons. The average molecular weight is 569 g/mol. The molecule has 40 heavy (non-hydrogen) atoms. The number of methoxy groups -OCH3 is 1. The lowest BCUT2D eigenvalue weighted by Gasteiger charge is -2.19. The largest absolute Gasteiger partial charge is 0.494 e. The molecule has 2 heterocycles. The van der Waals surface area contributed by atoms with Crippen LogP contribution in [0.2, 0.25) is 0 Å². The van der Waals surface area contributed by atoms with Gasteiger partial charge < -0.3 is 35.9 Å². The first-order valence-electron chi connectivity index (χ1n) is 13.8. The van der Waals surface area contributed by atoms with Crippen LogP contribution < -0.4 is 15.8 Å². The van der Waals surface area contributed by atoms with Crippen molar-refractivity contribution >= 4 is 51.4 Å². The topological polar surface area (TPSA) is 124 Å². The number of ether oxygens (including phenoxy) is 1. The summed E-state index contributed by atoms with van der Waals surface area (Å²) < 4.78 is 5.45. The van der Waals surface area contributed by atoms with Crippen molar-refractivity contribution < 1.29 is 9.53 Å². The smallest absolute Gasteiger partial charge is 0.209 e. The Morgan fingerprint density at radius 2 is 1.73 bits per heavy atom. The van der Waals surface area contributed by atoms with Crippen molar-refractivity contribution in [2.45, 2.75) is 38.5 Å². The predicted octanol–water partition coefficient (Wildman–Crippen LogP) is 4.25. The molecule has 1 aromatic carbocycles. The molecule has 0 saturated heterocycles. The normalized spacial score (nSPS) is 12.6. The highest BCUT2D eigenvalue weighted by molar-refractivity contribution is 7.19. The standard InChI is InChI=1S/C18H19N5OS.C11H25N3O/c1-24-14-7-12(20)10(8-19)6-13(14)23-17-16-11-4-2-3-5-15(11)25-18(16)22-9-21-17;1-12(2)7-5-9-14(11-15)10-6-8-13(3)4/h6-9,19H,2-5,20H2,1H3,(H,21,22,23);11H,5-10H2,1-4H3. The van der Waals surface area contributed by atoms with Crippen LogP contribution >= 0.6 is 11.3 Å². The molecule has 0 atom stereocenters. The molecule has 1 amide bonds. The molecule has 4 rings (SSSR count). The summed E-state index contributed by atoms with van der Waals surface area (Å²) in [5, 5.41) is 12.0. The van der Waals surface area contributed by atoms with Crippen LogP contribution in [-0.4, -0.2) is 98.8 Å². The minimum atomic E-state index is 0.512. The van der Waals surface area contributed by atoms with Crippen molar-refractivity contribution in [1.82, 2.24) is 24.7 Å². The zero-order valence-electron chi connectivity index (χ0n) is 24.5. The summed E-state index contributed by atoms with van der Waals surface area (Å²) >= 11 is 1.77. The van der Waals surface area contributed by atoms with Crippen LogP contribution in [0.15, 0.2) is 18.5 Å². The van der Waals surface area contributed by atoms with Crippen LogP contribution in [0.1, 0.15) is 41.7 Å². The van der Waals surface area contributed by atoms with Gasteiger partial charge in [-0.1, -0.05) is 0 Å². The average Bonchev–Trinajstić information content (AvgIpc) is 3.32. The van der Waals surface area contributed by atoms with Crippen molar-refractivity contribution in [3.05, 3.63) is 34.5 Å². The molecular formula is C29H44N8O2S. The molecule has 1 aliphatic carbocycles. The third kappa shape index (κ3) is 8.61. The SMILES string of the molecule is CN(C)CCCN(C=O)CCCN(C)C.COc1cc(N)c(C=N)cc1Nc1ncnc2sc3c(c12)CCCC3. The fourth-order valence-corrected chi connectivity index (χ4v) is 5.94. The maximum atomic E-state index is 10.8. The van der Waals surface area contributed by atoms with Crippen LogP contribution in [0.5, 0.6) is 5.75 Å². The van der Waals surface area contributed by atoms with Crippen molar-refractivity contribution in [3.8, 4) is 5.75 Å². The molecule has 3 aromatic rings. The minimum absolute atomic E-state index is 0.512. The van der Waals surface area contributed by atoms with Gasteiger partial charge in [0.2, 0.25) is 6.41 Å². The zero-order valence-corrected chi connectivity index (χ0v) is 25.3. The number of nitrogens with zero attached hydrogens (tertiary/aromatic N) is 5. The Balaban J connectivity index is 0.000000255. The Hall–Kier alpha value is -3.28. The molecule has 0 fully saturated rings. The summed E-state index contributed by atoms with van der Waals surface area (Å²) in [6, 6.07) is 3.54. The molecule has 1 aliphatic rings. The molecular weight excluding hydrogens is 524 g/mol. The van der Waals surface area contributed by atoms with Crippen LogP contribution in [0.3, 0.4) is 0 Å². The second-order valence-electron chi connectivity index (χ2n) is 10.5. The van der Waals surface area contributed by atoms with E-state index in [2.05, 4.69) is 53.3 Å². The molecule has 2 aromatic heterocycles. The van der Waals surface area contributed by atoms with Crippen LogP contribution in [0.4, 0.5) is 17.2 Å². The van der Waals surface area contributed by atoms with E-state index >= 15 is 0 Å². The second-order valence-corrected chi connectivity index (χ2v) is 11.6. The van der Waals surface area contributed by atoms with Crippen LogP contribution in [0, 0.1) is 5.41 Å². The van der Waals surface area contributed by atoms with Gasteiger partial charge in [0, 0.05) is 41.5 Å². The quantitative estimate of drug-likeness (QED) is 0.159. The van der Waals surface area contributed by atoms with E-state index in [0.29, 0.717) is 17.0 Å². The number of hydrogen-bond acceptors (Lipinski definition) is 10. The number of benzene rings is 1. The Bertz CT molecular complexity index is 1250. The number of nitrogens with one attached hydrogen (secondary N) is 2.